The summed E-state index contributed by atoms with van der Waals surface area (Å²) in [6.07, 6.45) is 5.77. The molecule has 2 unspecified atom stereocenters. The van der Waals surface area contributed by atoms with Gasteiger partial charge in [0.05, 0.1) is 22.6 Å². The maximum absolute atomic E-state index is 13.0. The monoisotopic (exact) mass is 468 g/mol. The Morgan fingerprint density at radius 3 is 2.80 bits per heavy atom. The first kappa shape index (κ1) is 21.8. The van der Waals surface area contributed by atoms with E-state index in [2.05, 4.69) is 9.97 Å². The average molecular weight is 469 g/mol. The molecule has 164 valence electrons. The Labute approximate surface area is 185 Å². The number of nitrogens with zero attached hydrogens (tertiary/aromatic N) is 3. The second-order valence-electron chi connectivity index (χ2n) is 8.19. The maximum atomic E-state index is 13.0. The predicted octanol–water partition coefficient (Wildman–Crippen LogP) is 3.06. The van der Waals surface area contributed by atoms with Gasteiger partial charge in [-0.1, -0.05) is 18.7 Å². The molecule has 30 heavy (non-hydrogen) atoms. The van der Waals surface area contributed by atoms with Crippen LogP contribution in [0.15, 0.2) is 5.16 Å². The van der Waals surface area contributed by atoms with Crippen molar-refractivity contribution in [3.63, 3.8) is 0 Å². The number of rotatable bonds is 6. The van der Waals surface area contributed by atoms with E-state index in [1.165, 1.54) is 35.0 Å². The van der Waals surface area contributed by atoms with Gasteiger partial charge in [0.1, 0.15) is 10.6 Å². The van der Waals surface area contributed by atoms with Gasteiger partial charge in [0, 0.05) is 17.0 Å². The zero-order chi connectivity index (χ0) is 21.5. The molecule has 0 radical (unpaired) electrons. The third-order valence-electron chi connectivity index (χ3n) is 6.10. The van der Waals surface area contributed by atoms with Crippen LogP contribution in [-0.2, 0) is 27.5 Å². The number of carbonyl (C=O) groups is 1. The topological polar surface area (TPSA) is 106 Å². The highest BCUT2D eigenvalue weighted by atomic mass is 32.2. The lowest BCUT2D eigenvalue weighted by atomic mass is 9.97. The van der Waals surface area contributed by atoms with Gasteiger partial charge in [-0.25, -0.2) is 18.4 Å². The molecule has 0 aromatic carbocycles. The van der Waals surface area contributed by atoms with E-state index >= 15 is 0 Å². The fourth-order valence-electron chi connectivity index (χ4n) is 4.43. The van der Waals surface area contributed by atoms with Crippen molar-refractivity contribution in [3.05, 3.63) is 10.4 Å². The van der Waals surface area contributed by atoms with Gasteiger partial charge >= 0.3 is 0 Å². The lowest BCUT2D eigenvalue weighted by Gasteiger charge is -2.33. The number of hydrogen-bond donors (Lipinski definition) is 1. The van der Waals surface area contributed by atoms with Crippen LogP contribution in [0.3, 0.4) is 0 Å². The summed E-state index contributed by atoms with van der Waals surface area (Å²) in [6.45, 7) is 3.99. The molecule has 2 atom stereocenters. The second kappa shape index (κ2) is 8.63. The highest BCUT2D eigenvalue weighted by Gasteiger charge is 2.36. The minimum Gasteiger partial charge on any atom is -0.383 e. The Hall–Kier alpha value is -1.39. The Balaban J connectivity index is 1.51. The van der Waals surface area contributed by atoms with Gasteiger partial charge < -0.3 is 10.6 Å². The van der Waals surface area contributed by atoms with Gasteiger partial charge in [0.25, 0.3) is 0 Å². The zero-order valence-electron chi connectivity index (χ0n) is 17.4. The zero-order valence-corrected chi connectivity index (χ0v) is 19.8. The summed E-state index contributed by atoms with van der Waals surface area (Å²) in [6, 6.07) is -0.246. The highest BCUT2D eigenvalue weighted by Crippen LogP contribution is 2.38. The number of fused-ring (bicyclic) bond motifs is 3. The lowest BCUT2D eigenvalue weighted by Crippen LogP contribution is -2.47. The van der Waals surface area contributed by atoms with Crippen LogP contribution in [0.4, 0.5) is 5.82 Å². The summed E-state index contributed by atoms with van der Waals surface area (Å²) in [5.41, 5.74) is 7.57. The number of aromatic nitrogens is 2. The molecule has 2 N–H and O–H groups in total. The van der Waals surface area contributed by atoms with Crippen molar-refractivity contribution in [1.82, 2.24) is 14.9 Å². The van der Waals surface area contributed by atoms with Crippen LogP contribution in [0, 0.1) is 0 Å². The Bertz CT molecular complexity index is 1070. The number of nitrogens with two attached hydrogens (primary N) is 1. The summed E-state index contributed by atoms with van der Waals surface area (Å²) in [7, 11) is -3.06. The average Bonchev–Trinajstić information content (AvgIpc) is 3.26. The number of aryl methyl sites for hydroxylation is 2. The number of carbonyl (C=O) groups excluding carboxylic acids is 1. The molecule has 7 nitrogen and oxygen atoms in total. The Kier molecular flexibility index (Phi) is 6.28. The Morgan fingerprint density at radius 1 is 1.33 bits per heavy atom. The summed E-state index contributed by atoms with van der Waals surface area (Å²) in [5.74, 6) is 0.824. The molecule has 0 bridgehead atoms. The van der Waals surface area contributed by atoms with Crippen molar-refractivity contribution >= 4 is 54.9 Å². The number of thioether (sulfide) groups is 1. The van der Waals surface area contributed by atoms with Crippen molar-refractivity contribution in [2.45, 2.75) is 69.6 Å². The first-order valence-electron chi connectivity index (χ1n) is 10.5. The molecule has 2 aromatic heterocycles. The van der Waals surface area contributed by atoms with E-state index in [4.69, 9.17) is 5.73 Å². The normalized spacial score (nSPS) is 21.5. The highest BCUT2D eigenvalue weighted by molar-refractivity contribution is 7.99. The van der Waals surface area contributed by atoms with Crippen molar-refractivity contribution < 1.29 is 13.2 Å². The van der Waals surface area contributed by atoms with Gasteiger partial charge in [-0.2, -0.15) is 0 Å². The molecular weight excluding hydrogens is 440 g/mol. The number of thiophene rings is 1. The van der Waals surface area contributed by atoms with E-state index in [-0.39, 0.29) is 35.2 Å². The van der Waals surface area contributed by atoms with Crippen molar-refractivity contribution in [2.75, 3.05) is 23.0 Å². The molecule has 2 aliphatic rings. The lowest BCUT2D eigenvalue weighted by molar-refractivity contribution is -0.132. The van der Waals surface area contributed by atoms with Crippen LogP contribution in [0.5, 0.6) is 0 Å². The number of sulfone groups is 1. The van der Waals surface area contributed by atoms with E-state index < -0.39 is 9.84 Å². The van der Waals surface area contributed by atoms with E-state index in [1.54, 1.807) is 16.2 Å². The first-order chi connectivity index (χ1) is 14.3. The predicted molar refractivity (Wildman–Crippen MR) is 123 cm³/mol. The molecular formula is C20H28N4O3S3. The van der Waals surface area contributed by atoms with Crippen LogP contribution < -0.4 is 5.73 Å². The summed E-state index contributed by atoms with van der Waals surface area (Å²) in [4.78, 5) is 26.2. The number of hydrogen-bond acceptors (Lipinski definition) is 8. The molecule has 1 aliphatic heterocycles. The molecule has 1 fully saturated rings. The maximum Gasteiger partial charge on any atom is 0.233 e. The van der Waals surface area contributed by atoms with Crippen LogP contribution in [0.1, 0.15) is 50.0 Å². The van der Waals surface area contributed by atoms with Gasteiger partial charge in [-0.05, 0) is 51.0 Å². The molecule has 0 spiro atoms. The minimum absolute atomic E-state index is 0.00566. The van der Waals surface area contributed by atoms with Crippen molar-refractivity contribution in [3.8, 4) is 0 Å². The largest absolute Gasteiger partial charge is 0.383 e. The van der Waals surface area contributed by atoms with Gasteiger partial charge in [0.15, 0.2) is 15.0 Å². The molecule has 2 aromatic rings. The Morgan fingerprint density at radius 2 is 2.10 bits per heavy atom. The summed E-state index contributed by atoms with van der Waals surface area (Å²) in [5, 5.41) is 1.50. The number of amides is 1. The number of anilines is 1. The van der Waals surface area contributed by atoms with E-state index in [1.807, 2.05) is 13.8 Å². The van der Waals surface area contributed by atoms with Crippen LogP contribution in [0.2, 0.25) is 0 Å². The summed E-state index contributed by atoms with van der Waals surface area (Å²) < 4.78 is 23.9. The molecule has 1 saturated heterocycles. The minimum atomic E-state index is -3.06. The van der Waals surface area contributed by atoms with E-state index in [9.17, 15) is 13.2 Å². The van der Waals surface area contributed by atoms with E-state index in [0.717, 1.165) is 29.5 Å². The fraction of sp³-hybridized carbons (Fsp3) is 0.650. The van der Waals surface area contributed by atoms with Crippen LogP contribution in [0.25, 0.3) is 10.2 Å². The van der Waals surface area contributed by atoms with Crippen molar-refractivity contribution in [2.24, 2.45) is 0 Å². The molecule has 0 saturated carbocycles. The van der Waals surface area contributed by atoms with Crippen molar-refractivity contribution in [1.29, 1.82) is 0 Å². The fourth-order valence-corrected chi connectivity index (χ4v) is 8.19. The molecule has 10 heteroatoms. The SMILES string of the molecule is CCC(C)N(C(=O)CSc1nc(N)c2c3c(sc2n1)CCCC3)C1CCS(=O)(=O)C1. The van der Waals surface area contributed by atoms with Crippen LogP contribution in [-0.4, -0.2) is 58.5 Å². The third kappa shape index (κ3) is 4.31. The summed E-state index contributed by atoms with van der Waals surface area (Å²) >= 11 is 2.97. The first-order valence-corrected chi connectivity index (χ1v) is 14.1. The molecule has 4 rings (SSSR count). The van der Waals surface area contributed by atoms with Gasteiger partial charge in [0.2, 0.25) is 5.91 Å². The van der Waals surface area contributed by atoms with E-state index in [0.29, 0.717) is 17.4 Å². The quantitative estimate of drug-likeness (QED) is 0.513. The smallest absolute Gasteiger partial charge is 0.233 e. The number of nitrogen functional groups attached to an aromatic ring is 1. The second-order valence-corrected chi connectivity index (χ2v) is 12.4. The standard InChI is InChI=1S/C20H28N4O3S3/c1-3-12(2)24(13-8-9-30(26,27)11-13)16(25)10-28-20-22-18(21)17-14-6-4-5-7-15(14)29-19(17)23-20/h12-13H,3-11H2,1-2H3,(H2,21,22,23). The third-order valence-corrected chi connectivity index (χ3v) is 9.87. The van der Waals surface area contributed by atoms with Gasteiger partial charge in [-0.3, -0.25) is 4.79 Å². The van der Waals surface area contributed by atoms with Crippen LogP contribution >= 0.6 is 23.1 Å². The molecule has 1 aliphatic carbocycles. The van der Waals surface area contributed by atoms with Gasteiger partial charge in [-0.15, -0.1) is 11.3 Å². The molecule has 3 heterocycles. The molecule has 1 amide bonds.